The zero-order chi connectivity index (χ0) is 12.7. The van der Waals surface area contributed by atoms with Crippen LogP contribution in [-0.2, 0) is 4.79 Å². The van der Waals surface area contributed by atoms with E-state index < -0.39 is 0 Å². The molecular weight excluding hydrogens is 252 g/mol. The summed E-state index contributed by atoms with van der Waals surface area (Å²) in [5.41, 5.74) is 6.58. The van der Waals surface area contributed by atoms with Gasteiger partial charge in [0, 0.05) is 13.1 Å². The van der Waals surface area contributed by atoms with Gasteiger partial charge in [0.15, 0.2) is 5.82 Å². The second-order valence-corrected chi connectivity index (χ2v) is 5.19. The molecule has 2 unspecified atom stereocenters. The van der Waals surface area contributed by atoms with Crippen LogP contribution in [0.2, 0.25) is 5.15 Å². The maximum Gasteiger partial charge on any atom is 0.225 e. The van der Waals surface area contributed by atoms with Gasteiger partial charge in [-0.2, -0.15) is 0 Å². The third-order valence-electron chi connectivity index (χ3n) is 3.74. The number of aromatic nitrogens is 1. The molecular formula is C12H15ClN4O. The smallest absolute Gasteiger partial charge is 0.225 e. The molecule has 3 rings (SSSR count). The minimum Gasteiger partial charge on any atom is -0.396 e. The van der Waals surface area contributed by atoms with Crippen molar-refractivity contribution in [2.24, 2.45) is 5.92 Å². The van der Waals surface area contributed by atoms with E-state index in [1.807, 2.05) is 0 Å². The minimum absolute atomic E-state index is 0.0546. The van der Waals surface area contributed by atoms with Crippen molar-refractivity contribution < 1.29 is 4.79 Å². The predicted molar refractivity (Wildman–Crippen MR) is 70.5 cm³/mol. The van der Waals surface area contributed by atoms with Gasteiger partial charge >= 0.3 is 0 Å². The van der Waals surface area contributed by atoms with Gasteiger partial charge in [-0.05, 0) is 25.0 Å². The van der Waals surface area contributed by atoms with Crippen molar-refractivity contribution in [2.75, 3.05) is 23.7 Å². The van der Waals surface area contributed by atoms with Crippen molar-refractivity contribution in [2.45, 2.75) is 18.9 Å². The first kappa shape index (κ1) is 11.6. The number of nitrogens with zero attached hydrogens (tertiary/aromatic N) is 2. The predicted octanol–water partition coefficient (Wildman–Crippen LogP) is 1.03. The van der Waals surface area contributed by atoms with Crippen molar-refractivity contribution >= 4 is 29.0 Å². The molecule has 1 amide bonds. The number of halogens is 1. The van der Waals surface area contributed by atoms with E-state index in [1.54, 1.807) is 12.1 Å². The van der Waals surface area contributed by atoms with E-state index in [9.17, 15) is 4.79 Å². The summed E-state index contributed by atoms with van der Waals surface area (Å²) in [4.78, 5) is 18.1. The Morgan fingerprint density at radius 2 is 2.33 bits per heavy atom. The maximum absolute atomic E-state index is 11.7. The van der Waals surface area contributed by atoms with Crippen LogP contribution in [0.25, 0.3) is 0 Å². The monoisotopic (exact) mass is 266 g/mol. The number of nitrogens with one attached hydrogen (secondary N) is 1. The molecule has 0 aliphatic carbocycles. The van der Waals surface area contributed by atoms with Crippen molar-refractivity contribution in [3.63, 3.8) is 0 Å². The Hall–Kier alpha value is -1.49. The van der Waals surface area contributed by atoms with Gasteiger partial charge in [-0.25, -0.2) is 4.98 Å². The highest BCUT2D eigenvalue weighted by Crippen LogP contribution is 2.33. The third-order valence-corrected chi connectivity index (χ3v) is 3.96. The Balaban J connectivity index is 1.95. The van der Waals surface area contributed by atoms with Gasteiger partial charge in [-0.15, -0.1) is 0 Å². The minimum atomic E-state index is 0.0546. The van der Waals surface area contributed by atoms with Crippen LogP contribution in [0.15, 0.2) is 12.1 Å². The summed E-state index contributed by atoms with van der Waals surface area (Å²) in [6, 6.07) is 3.60. The lowest BCUT2D eigenvalue weighted by atomic mass is 9.91. The van der Waals surface area contributed by atoms with Gasteiger partial charge in [0.25, 0.3) is 0 Å². The van der Waals surface area contributed by atoms with Crippen LogP contribution >= 0.6 is 11.6 Å². The molecule has 0 spiro atoms. The molecule has 18 heavy (non-hydrogen) atoms. The summed E-state index contributed by atoms with van der Waals surface area (Å²) in [7, 11) is 0. The van der Waals surface area contributed by atoms with E-state index in [0.29, 0.717) is 23.2 Å². The second kappa shape index (κ2) is 4.31. The number of fused-ring (bicyclic) bond motifs is 1. The van der Waals surface area contributed by atoms with Crippen LogP contribution in [0.3, 0.4) is 0 Å². The molecule has 2 fully saturated rings. The van der Waals surface area contributed by atoms with Gasteiger partial charge < -0.3 is 16.0 Å². The van der Waals surface area contributed by atoms with Crippen LogP contribution in [0.1, 0.15) is 12.8 Å². The van der Waals surface area contributed by atoms with E-state index in [0.717, 1.165) is 19.4 Å². The summed E-state index contributed by atoms with van der Waals surface area (Å²) in [5, 5.41) is 3.34. The lowest BCUT2D eigenvalue weighted by Crippen LogP contribution is -2.46. The van der Waals surface area contributed by atoms with Gasteiger partial charge in [-0.1, -0.05) is 11.6 Å². The quantitative estimate of drug-likeness (QED) is 0.745. The Morgan fingerprint density at radius 1 is 1.50 bits per heavy atom. The molecule has 5 nitrogen and oxygen atoms in total. The standard InChI is InChI=1S/C12H15ClN4O/c13-10-4-3-8(14)11(16-10)17-5-1-2-7-9(17)6-15-12(7)18/h3-4,7,9H,1-2,5-6,14H2,(H,15,18). The lowest BCUT2D eigenvalue weighted by molar-refractivity contribution is -0.122. The molecule has 6 heteroatoms. The number of piperidine rings is 1. The fourth-order valence-corrected chi connectivity index (χ4v) is 3.02. The van der Waals surface area contributed by atoms with Crippen LogP contribution < -0.4 is 16.0 Å². The number of nitrogens with two attached hydrogens (primary N) is 1. The molecule has 0 aromatic carbocycles. The molecule has 0 bridgehead atoms. The first-order valence-corrected chi connectivity index (χ1v) is 6.51. The van der Waals surface area contributed by atoms with Gasteiger partial charge in [0.2, 0.25) is 5.91 Å². The first-order chi connectivity index (χ1) is 8.66. The Morgan fingerprint density at radius 3 is 3.17 bits per heavy atom. The summed E-state index contributed by atoms with van der Waals surface area (Å²) >= 11 is 5.93. The number of nitrogen functional groups attached to an aromatic ring is 1. The number of hydrogen-bond acceptors (Lipinski definition) is 4. The molecule has 0 saturated carbocycles. The highest BCUT2D eigenvalue weighted by Gasteiger charge is 2.41. The van der Waals surface area contributed by atoms with Crippen LogP contribution in [-0.4, -0.2) is 30.0 Å². The van der Waals surface area contributed by atoms with E-state index in [2.05, 4.69) is 15.2 Å². The average molecular weight is 267 g/mol. The zero-order valence-electron chi connectivity index (χ0n) is 9.90. The number of hydrogen-bond donors (Lipinski definition) is 2. The fraction of sp³-hybridized carbons (Fsp3) is 0.500. The molecule has 3 N–H and O–H groups in total. The van der Waals surface area contributed by atoms with Gasteiger partial charge in [0.05, 0.1) is 17.6 Å². The van der Waals surface area contributed by atoms with Gasteiger partial charge in [-0.3, -0.25) is 4.79 Å². The lowest BCUT2D eigenvalue weighted by Gasteiger charge is -2.37. The zero-order valence-corrected chi connectivity index (χ0v) is 10.7. The molecule has 2 atom stereocenters. The fourth-order valence-electron chi connectivity index (χ4n) is 2.88. The molecule has 0 radical (unpaired) electrons. The molecule has 2 aliphatic rings. The van der Waals surface area contributed by atoms with E-state index >= 15 is 0 Å². The van der Waals surface area contributed by atoms with E-state index in [4.69, 9.17) is 17.3 Å². The number of anilines is 2. The summed E-state index contributed by atoms with van der Waals surface area (Å²) in [6.45, 7) is 1.53. The molecule has 96 valence electrons. The van der Waals surface area contributed by atoms with E-state index in [-0.39, 0.29) is 17.9 Å². The molecule has 3 heterocycles. The van der Waals surface area contributed by atoms with Crippen molar-refractivity contribution in [3.05, 3.63) is 17.3 Å². The Kier molecular flexibility index (Phi) is 2.78. The normalized spacial score (nSPS) is 26.9. The average Bonchev–Trinajstić information content (AvgIpc) is 2.75. The number of carbonyl (C=O) groups is 1. The maximum atomic E-state index is 11.7. The SMILES string of the molecule is Nc1ccc(Cl)nc1N1CCCC2C(=O)NCC21. The van der Waals surface area contributed by atoms with Crippen LogP contribution in [0.5, 0.6) is 0 Å². The summed E-state index contributed by atoms with van der Waals surface area (Å²) in [5.74, 6) is 0.901. The Labute approximate surface area is 110 Å². The second-order valence-electron chi connectivity index (χ2n) is 4.80. The number of pyridine rings is 1. The van der Waals surface area contributed by atoms with Gasteiger partial charge in [0.1, 0.15) is 5.15 Å². The third kappa shape index (κ3) is 1.79. The summed E-state index contributed by atoms with van der Waals surface area (Å²) < 4.78 is 0. The number of carbonyl (C=O) groups excluding carboxylic acids is 1. The highest BCUT2D eigenvalue weighted by molar-refractivity contribution is 6.29. The van der Waals surface area contributed by atoms with Crippen molar-refractivity contribution in [1.29, 1.82) is 0 Å². The molecule has 1 aromatic heterocycles. The highest BCUT2D eigenvalue weighted by atomic mass is 35.5. The van der Waals surface area contributed by atoms with Crippen molar-refractivity contribution in [1.82, 2.24) is 10.3 Å². The van der Waals surface area contributed by atoms with E-state index in [1.165, 1.54) is 0 Å². The summed E-state index contributed by atoms with van der Waals surface area (Å²) in [6.07, 6.45) is 1.91. The van der Waals surface area contributed by atoms with Crippen LogP contribution in [0, 0.1) is 5.92 Å². The molecule has 2 aliphatic heterocycles. The molecule has 1 aromatic rings. The first-order valence-electron chi connectivity index (χ1n) is 6.13. The Bertz CT molecular complexity index is 493. The van der Waals surface area contributed by atoms with Crippen molar-refractivity contribution in [3.8, 4) is 0 Å². The largest absolute Gasteiger partial charge is 0.396 e. The number of amides is 1. The number of rotatable bonds is 1. The van der Waals surface area contributed by atoms with Crippen LogP contribution in [0.4, 0.5) is 11.5 Å². The molecule has 2 saturated heterocycles. The topological polar surface area (TPSA) is 71.2 Å².